The van der Waals surface area contributed by atoms with Crippen LogP contribution in [-0.2, 0) is 4.79 Å². The number of carbonyl (C=O) groups is 1. The first kappa shape index (κ1) is 12.2. The van der Waals surface area contributed by atoms with Gasteiger partial charge in [-0.05, 0) is 24.1 Å². The lowest BCUT2D eigenvalue weighted by atomic mass is 10.0. The Hall–Kier alpha value is -0.840. The Morgan fingerprint density at radius 1 is 1.47 bits per heavy atom. The molecule has 1 heterocycles. The summed E-state index contributed by atoms with van der Waals surface area (Å²) in [6.45, 7) is 0. The molecule has 0 bridgehead atoms. The van der Waals surface area contributed by atoms with E-state index in [2.05, 4.69) is 4.98 Å². The van der Waals surface area contributed by atoms with Gasteiger partial charge in [-0.15, -0.1) is 0 Å². The third-order valence-electron chi connectivity index (χ3n) is 1.88. The van der Waals surface area contributed by atoms with Gasteiger partial charge in [-0.1, -0.05) is 23.2 Å². The molecule has 0 radical (unpaired) electrons. The smallest absolute Gasteiger partial charge is 0.303 e. The van der Waals surface area contributed by atoms with Gasteiger partial charge in [-0.25, -0.2) is 4.98 Å². The van der Waals surface area contributed by atoms with Gasteiger partial charge >= 0.3 is 5.97 Å². The first-order valence-corrected chi connectivity index (χ1v) is 5.05. The van der Waals surface area contributed by atoms with Crippen molar-refractivity contribution in [3.63, 3.8) is 0 Å². The zero-order valence-corrected chi connectivity index (χ0v) is 9.29. The van der Waals surface area contributed by atoms with Crippen molar-refractivity contribution < 1.29 is 9.90 Å². The number of rotatable bonds is 4. The number of pyridine rings is 1. The summed E-state index contributed by atoms with van der Waals surface area (Å²) in [6.07, 6.45) is 0.352. The minimum Gasteiger partial charge on any atom is -0.481 e. The lowest BCUT2D eigenvalue weighted by Crippen LogP contribution is -2.12. The van der Waals surface area contributed by atoms with Crippen LogP contribution in [0.3, 0.4) is 0 Å². The standard InChI is InChI=1S/C9H10Cl2N2O2/c10-7-3-5(4-8(11)13-7)6(12)1-2-9(14)15/h3-4,6H,1-2,12H2,(H,14,15)/t6-/m0/s1. The minimum atomic E-state index is -0.878. The van der Waals surface area contributed by atoms with Gasteiger partial charge in [0, 0.05) is 12.5 Å². The van der Waals surface area contributed by atoms with Crippen molar-refractivity contribution in [1.29, 1.82) is 0 Å². The molecule has 0 saturated heterocycles. The largest absolute Gasteiger partial charge is 0.481 e. The molecule has 0 fully saturated rings. The van der Waals surface area contributed by atoms with E-state index < -0.39 is 5.97 Å². The van der Waals surface area contributed by atoms with Crippen molar-refractivity contribution in [2.24, 2.45) is 5.73 Å². The highest BCUT2D eigenvalue weighted by Crippen LogP contribution is 2.21. The van der Waals surface area contributed by atoms with E-state index in [0.717, 1.165) is 0 Å². The topological polar surface area (TPSA) is 76.2 Å². The van der Waals surface area contributed by atoms with Crippen molar-refractivity contribution in [3.8, 4) is 0 Å². The molecule has 0 spiro atoms. The van der Waals surface area contributed by atoms with Crippen LogP contribution in [0.15, 0.2) is 12.1 Å². The van der Waals surface area contributed by atoms with Crippen LogP contribution < -0.4 is 5.73 Å². The summed E-state index contributed by atoms with van der Waals surface area (Å²) in [4.78, 5) is 14.1. The predicted octanol–water partition coefficient (Wildman–Crippen LogP) is 2.25. The average molecular weight is 249 g/mol. The van der Waals surface area contributed by atoms with Gasteiger partial charge in [0.1, 0.15) is 10.3 Å². The zero-order chi connectivity index (χ0) is 11.4. The monoisotopic (exact) mass is 248 g/mol. The number of nitrogens with zero attached hydrogens (tertiary/aromatic N) is 1. The maximum atomic E-state index is 10.3. The minimum absolute atomic E-state index is 0.0126. The molecule has 15 heavy (non-hydrogen) atoms. The molecule has 0 aliphatic carbocycles. The molecule has 0 aliphatic heterocycles. The summed E-state index contributed by atoms with van der Waals surface area (Å²) >= 11 is 11.4. The van der Waals surface area contributed by atoms with E-state index in [1.54, 1.807) is 12.1 Å². The molecule has 1 aromatic rings. The Labute approximate surface area is 97.0 Å². The summed E-state index contributed by atoms with van der Waals surface area (Å²) in [7, 11) is 0. The normalized spacial score (nSPS) is 12.5. The lowest BCUT2D eigenvalue weighted by Gasteiger charge is -2.10. The SMILES string of the molecule is N[C@@H](CCC(=O)O)c1cc(Cl)nc(Cl)c1. The molecule has 3 N–H and O–H groups in total. The molecular formula is C9H10Cl2N2O2. The Balaban J connectivity index is 2.72. The van der Waals surface area contributed by atoms with Crippen molar-refractivity contribution in [2.45, 2.75) is 18.9 Å². The fourth-order valence-electron chi connectivity index (χ4n) is 1.14. The number of aliphatic carboxylic acids is 1. The third kappa shape index (κ3) is 4.03. The molecule has 0 saturated carbocycles. The van der Waals surface area contributed by atoms with Crippen LogP contribution in [-0.4, -0.2) is 16.1 Å². The fraction of sp³-hybridized carbons (Fsp3) is 0.333. The van der Waals surface area contributed by atoms with Crippen LogP contribution >= 0.6 is 23.2 Å². The van der Waals surface area contributed by atoms with E-state index in [4.69, 9.17) is 34.0 Å². The number of aromatic nitrogens is 1. The Morgan fingerprint density at radius 2 is 2.00 bits per heavy atom. The molecule has 1 atom stereocenters. The van der Waals surface area contributed by atoms with Crippen LogP contribution in [0, 0.1) is 0 Å². The first-order valence-electron chi connectivity index (χ1n) is 4.29. The van der Waals surface area contributed by atoms with Gasteiger partial charge < -0.3 is 10.8 Å². The molecule has 0 unspecified atom stereocenters. The van der Waals surface area contributed by atoms with E-state index in [9.17, 15) is 4.79 Å². The number of halogens is 2. The molecule has 1 aromatic heterocycles. The van der Waals surface area contributed by atoms with Crippen molar-refractivity contribution in [2.75, 3.05) is 0 Å². The third-order valence-corrected chi connectivity index (χ3v) is 2.27. The van der Waals surface area contributed by atoms with Gasteiger partial charge in [0.15, 0.2) is 0 Å². The van der Waals surface area contributed by atoms with E-state index in [1.807, 2.05) is 0 Å². The number of nitrogens with two attached hydrogens (primary N) is 1. The molecule has 0 amide bonds. The summed E-state index contributed by atoms with van der Waals surface area (Å²) in [6, 6.07) is 2.78. The van der Waals surface area contributed by atoms with E-state index >= 15 is 0 Å². The fourth-order valence-corrected chi connectivity index (χ4v) is 1.62. The Morgan fingerprint density at radius 3 is 2.47 bits per heavy atom. The maximum absolute atomic E-state index is 10.3. The Kier molecular flexibility index (Phi) is 4.32. The quantitative estimate of drug-likeness (QED) is 0.802. The zero-order valence-electron chi connectivity index (χ0n) is 7.78. The predicted molar refractivity (Wildman–Crippen MR) is 58.1 cm³/mol. The molecule has 82 valence electrons. The second kappa shape index (κ2) is 5.30. The number of carboxylic acids is 1. The summed E-state index contributed by atoms with van der Waals surface area (Å²) in [5, 5.41) is 9.00. The van der Waals surface area contributed by atoms with Gasteiger partial charge in [0.2, 0.25) is 0 Å². The van der Waals surface area contributed by atoms with Crippen LogP contribution in [0.25, 0.3) is 0 Å². The van der Waals surface area contributed by atoms with Gasteiger partial charge in [-0.3, -0.25) is 4.79 Å². The van der Waals surface area contributed by atoms with Gasteiger partial charge in [0.05, 0.1) is 0 Å². The lowest BCUT2D eigenvalue weighted by molar-refractivity contribution is -0.137. The van der Waals surface area contributed by atoms with E-state index in [0.29, 0.717) is 12.0 Å². The molecule has 4 nitrogen and oxygen atoms in total. The van der Waals surface area contributed by atoms with E-state index in [1.165, 1.54) is 0 Å². The number of carboxylic acid groups (broad SMARTS) is 1. The molecule has 0 aromatic carbocycles. The summed E-state index contributed by atoms with van der Waals surface area (Å²) in [5.74, 6) is -0.878. The molecule has 6 heteroatoms. The van der Waals surface area contributed by atoms with Crippen LogP contribution in [0.1, 0.15) is 24.4 Å². The van der Waals surface area contributed by atoms with E-state index in [-0.39, 0.29) is 22.8 Å². The Bertz CT molecular complexity index is 351. The summed E-state index contributed by atoms with van der Waals surface area (Å²) in [5.41, 5.74) is 6.47. The van der Waals surface area contributed by atoms with Crippen LogP contribution in [0.2, 0.25) is 10.3 Å². The van der Waals surface area contributed by atoms with Crippen molar-refractivity contribution in [3.05, 3.63) is 28.0 Å². The highest BCUT2D eigenvalue weighted by molar-refractivity contribution is 6.32. The van der Waals surface area contributed by atoms with Crippen LogP contribution in [0.4, 0.5) is 0 Å². The average Bonchev–Trinajstić information content (AvgIpc) is 2.12. The maximum Gasteiger partial charge on any atom is 0.303 e. The van der Waals surface area contributed by atoms with Crippen molar-refractivity contribution in [1.82, 2.24) is 4.98 Å². The second-order valence-electron chi connectivity index (χ2n) is 3.08. The second-order valence-corrected chi connectivity index (χ2v) is 3.86. The highest BCUT2D eigenvalue weighted by atomic mass is 35.5. The van der Waals surface area contributed by atoms with Gasteiger partial charge in [-0.2, -0.15) is 0 Å². The highest BCUT2D eigenvalue weighted by Gasteiger charge is 2.10. The van der Waals surface area contributed by atoms with Crippen LogP contribution in [0.5, 0.6) is 0 Å². The molecular weight excluding hydrogens is 239 g/mol. The molecule has 1 rings (SSSR count). The molecule has 0 aliphatic rings. The van der Waals surface area contributed by atoms with Crippen molar-refractivity contribution >= 4 is 29.2 Å². The number of hydrogen-bond donors (Lipinski definition) is 2. The summed E-state index contributed by atoms with van der Waals surface area (Å²) < 4.78 is 0. The number of hydrogen-bond acceptors (Lipinski definition) is 3. The van der Waals surface area contributed by atoms with Gasteiger partial charge in [0.25, 0.3) is 0 Å². The first-order chi connectivity index (χ1) is 6.99.